The largest absolute Gasteiger partial charge is 0.462 e. The Kier molecular flexibility index (Phi) is 50.2. The van der Waals surface area contributed by atoms with E-state index in [4.69, 9.17) is 14.2 Å². The van der Waals surface area contributed by atoms with E-state index in [2.05, 4.69) is 32.9 Å². The number of carbonyl (C=O) groups is 3. The lowest BCUT2D eigenvalue weighted by molar-refractivity contribution is -0.167. The van der Waals surface area contributed by atoms with Gasteiger partial charge in [0.05, 0.1) is 0 Å². The molecule has 0 radical (unpaired) electrons. The molecule has 0 aliphatic carbocycles. The number of unbranched alkanes of at least 4 members (excludes halogenated alkanes) is 38. The molecule has 0 saturated heterocycles. The third-order valence-electron chi connectivity index (χ3n) is 12.5. The van der Waals surface area contributed by atoms with E-state index in [1.54, 1.807) is 0 Å². The first-order valence-electron chi connectivity index (χ1n) is 27.7. The lowest BCUT2D eigenvalue weighted by atomic mass is 10.0. The molecule has 0 bridgehead atoms. The van der Waals surface area contributed by atoms with Crippen molar-refractivity contribution in [2.75, 3.05) is 13.2 Å². The van der Waals surface area contributed by atoms with Gasteiger partial charge in [-0.1, -0.05) is 258 Å². The Hall–Kier alpha value is -1.85. The van der Waals surface area contributed by atoms with Crippen LogP contribution in [0.1, 0.15) is 310 Å². The van der Waals surface area contributed by atoms with Gasteiger partial charge in [0.25, 0.3) is 0 Å². The molecule has 0 amide bonds. The maximum Gasteiger partial charge on any atom is 0.306 e. The smallest absolute Gasteiger partial charge is 0.306 e. The van der Waals surface area contributed by atoms with E-state index in [0.717, 1.165) is 57.8 Å². The Morgan fingerprint density at radius 2 is 0.532 bits per heavy atom. The third-order valence-corrected chi connectivity index (χ3v) is 12.5. The number of esters is 3. The summed E-state index contributed by atoms with van der Waals surface area (Å²) in [5, 5.41) is 0. The van der Waals surface area contributed by atoms with Crippen molar-refractivity contribution in [3.05, 3.63) is 12.2 Å². The molecular formula is C56H106O6. The molecule has 0 rings (SSSR count). The highest BCUT2D eigenvalue weighted by molar-refractivity contribution is 5.71. The zero-order valence-electron chi connectivity index (χ0n) is 41.9. The van der Waals surface area contributed by atoms with Crippen molar-refractivity contribution in [2.24, 2.45) is 0 Å². The molecule has 0 fully saturated rings. The molecule has 0 saturated carbocycles. The Bertz CT molecular complexity index is 962. The summed E-state index contributed by atoms with van der Waals surface area (Å²) in [4.78, 5) is 37.9. The highest BCUT2D eigenvalue weighted by Gasteiger charge is 2.19. The predicted octanol–water partition coefficient (Wildman–Crippen LogP) is 18.2. The standard InChI is InChI=1S/C56H106O6/c1-4-7-10-13-16-19-21-23-25-27-29-31-33-35-37-40-43-46-49-55(58)61-52-53(51-60-54(57)48-45-42-39-18-15-12-9-6-3)62-56(59)50-47-44-41-38-36-34-32-30-28-26-24-22-20-17-14-11-8-5-2/h25,27,53H,4-24,26,28-52H2,1-3H3/b27-25-. The zero-order valence-corrected chi connectivity index (χ0v) is 41.9. The van der Waals surface area contributed by atoms with Crippen LogP contribution in [0.5, 0.6) is 0 Å². The van der Waals surface area contributed by atoms with Gasteiger partial charge >= 0.3 is 17.9 Å². The van der Waals surface area contributed by atoms with Crippen molar-refractivity contribution in [2.45, 2.75) is 316 Å². The zero-order chi connectivity index (χ0) is 45.1. The second-order valence-electron chi connectivity index (χ2n) is 18.9. The van der Waals surface area contributed by atoms with Crippen LogP contribution in [-0.4, -0.2) is 37.2 Å². The Morgan fingerprint density at radius 3 is 0.806 bits per heavy atom. The molecule has 1 unspecified atom stereocenters. The van der Waals surface area contributed by atoms with E-state index in [1.807, 2.05) is 0 Å². The normalized spacial score (nSPS) is 12.0. The predicted molar refractivity (Wildman–Crippen MR) is 266 cm³/mol. The van der Waals surface area contributed by atoms with Crippen molar-refractivity contribution in [1.29, 1.82) is 0 Å². The molecule has 0 heterocycles. The van der Waals surface area contributed by atoms with E-state index < -0.39 is 6.10 Å². The summed E-state index contributed by atoms with van der Waals surface area (Å²) >= 11 is 0. The molecule has 6 heteroatoms. The number of hydrogen-bond donors (Lipinski definition) is 0. The number of carbonyl (C=O) groups excluding carboxylic acids is 3. The van der Waals surface area contributed by atoms with E-state index in [1.165, 1.54) is 212 Å². The first-order valence-corrected chi connectivity index (χ1v) is 27.7. The average molecular weight is 875 g/mol. The van der Waals surface area contributed by atoms with Gasteiger partial charge in [-0.3, -0.25) is 14.4 Å². The SMILES string of the molecule is CCCCCCCCC/C=C\CCCCCCCCCC(=O)OCC(COC(=O)CCCCCCCCCC)OC(=O)CCCCCCCCCCCCCCCCCCCC. The fourth-order valence-electron chi connectivity index (χ4n) is 8.32. The van der Waals surface area contributed by atoms with E-state index in [9.17, 15) is 14.4 Å². The Balaban J connectivity index is 4.21. The molecule has 0 aromatic heterocycles. The molecule has 0 aromatic rings. The molecule has 62 heavy (non-hydrogen) atoms. The van der Waals surface area contributed by atoms with Crippen LogP contribution in [0.25, 0.3) is 0 Å². The monoisotopic (exact) mass is 875 g/mol. The van der Waals surface area contributed by atoms with Crippen molar-refractivity contribution in [3.8, 4) is 0 Å². The maximum absolute atomic E-state index is 12.8. The molecule has 1 atom stereocenters. The minimum atomic E-state index is -0.764. The summed E-state index contributed by atoms with van der Waals surface area (Å²) in [6.07, 6.45) is 57.8. The van der Waals surface area contributed by atoms with Gasteiger partial charge in [0.15, 0.2) is 6.10 Å². The number of allylic oxidation sites excluding steroid dienone is 2. The molecule has 6 nitrogen and oxygen atoms in total. The van der Waals surface area contributed by atoms with Gasteiger partial charge < -0.3 is 14.2 Å². The fraction of sp³-hybridized carbons (Fsp3) is 0.911. The topological polar surface area (TPSA) is 78.9 Å². The third kappa shape index (κ3) is 49.2. The summed E-state index contributed by atoms with van der Waals surface area (Å²) in [7, 11) is 0. The lowest BCUT2D eigenvalue weighted by Gasteiger charge is -2.18. The number of hydrogen-bond acceptors (Lipinski definition) is 6. The highest BCUT2D eigenvalue weighted by atomic mass is 16.6. The second kappa shape index (κ2) is 51.8. The lowest BCUT2D eigenvalue weighted by Crippen LogP contribution is -2.30. The minimum Gasteiger partial charge on any atom is -0.462 e. The molecule has 0 spiro atoms. The fourth-order valence-corrected chi connectivity index (χ4v) is 8.32. The first kappa shape index (κ1) is 60.2. The van der Waals surface area contributed by atoms with E-state index in [0.29, 0.717) is 19.3 Å². The van der Waals surface area contributed by atoms with Crippen LogP contribution < -0.4 is 0 Å². The first-order chi connectivity index (χ1) is 30.5. The van der Waals surface area contributed by atoms with Gasteiger partial charge in [-0.05, 0) is 44.9 Å². The second-order valence-corrected chi connectivity index (χ2v) is 18.9. The molecule has 0 aromatic carbocycles. The summed E-state index contributed by atoms with van der Waals surface area (Å²) < 4.78 is 16.8. The van der Waals surface area contributed by atoms with Crippen LogP contribution >= 0.6 is 0 Å². The quantitative estimate of drug-likeness (QED) is 0.0262. The summed E-state index contributed by atoms with van der Waals surface area (Å²) in [5.41, 5.74) is 0. The summed E-state index contributed by atoms with van der Waals surface area (Å²) in [5.74, 6) is -0.855. The van der Waals surface area contributed by atoms with Crippen molar-refractivity contribution >= 4 is 17.9 Å². The molecule has 366 valence electrons. The molecular weight excluding hydrogens is 769 g/mol. The molecule has 0 aliphatic rings. The van der Waals surface area contributed by atoms with Crippen LogP contribution in [0.4, 0.5) is 0 Å². The molecule has 0 aliphatic heterocycles. The van der Waals surface area contributed by atoms with E-state index >= 15 is 0 Å². The van der Waals surface area contributed by atoms with Crippen LogP contribution in [0.2, 0.25) is 0 Å². The van der Waals surface area contributed by atoms with Crippen LogP contribution in [-0.2, 0) is 28.6 Å². The van der Waals surface area contributed by atoms with Crippen molar-refractivity contribution < 1.29 is 28.6 Å². The van der Waals surface area contributed by atoms with Gasteiger partial charge in [0.1, 0.15) is 13.2 Å². The van der Waals surface area contributed by atoms with Gasteiger partial charge in [0.2, 0.25) is 0 Å². The van der Waals surface area contributed by atoms with Gasteiger partial charge in [-0.2, -0.15) is 0 Å². The number of ether oxygens (including phenoxy) is 3. The summed E-state index contributed by atoms with van der Waals surface area (Å²) in [6.45, 7) is 6.65. The van der Waals surface area contributed by atoms with Crippen molar-refractivity contribution in [3.63, 3.8) is 0 Å². The van der Waals surface area contributed by atoms with Crippen LogP contribution in [0, 0.1) is 0 Å². The maximum atomic E-state index is 12.8. The highest BCUT2D eigenvalue weighted by Crippen LogP contribution is 2.17. The molecule has 0 N–H and O–H groups in total. The summed E-state index contributed by atoms with van der Waals surface area (Å²) in [6, 6.07) is 0. The number of rotatable bonds is 51. The van der Waals surface area contributed by atoms with E-state index in [-0.39, 0.29) is 31.1 Å². The average Bonchev–Trinajstić information content (AvgIpc) is 3.27. The van der Waals surface area contributed by atoms with Crippen molar-refractivity contribution in [1.82, 2.24) is 0 Å². The van der Waals surface area contributed by atoms with Gasteiger partial charge in [-0.15, -0.1) is 0 Å². The van der Waals surface area contributed by atoms with Gasteiger partial charge in [-0.25, -0.2) is 0 Å². The van der Waals surface area contributed by atoms with Crippen LogP contribution in [0.3, 0.4) is 0 Å². The Labute approximate surface area is 386 Å². The minimum absolute atomic E-state index is 0.0665. The van der Waals surface area contributed by atoms with Gasteiger partial charge in [0, 0.05) is 19.3 Å². The van der Waals surface area contributed by atoms with Crippen LogP contribution in [0.15, 0.2) is 12.2 Å². The Morgan fingerprint density at radius 1 is 0.306 bits per heavy atom.